The third kappa shape index (κ3) is 4.98. The van der Waals surface area contributed by atoms with Crippen molar-refractivity contribution in [3.63, 3.8) is 0 Å². The van der Waals surface area contributed by atoms with Gasteiger partial charge in [-0.15, -0.1) is 0 Å². The van der Waals surface area contributed by atoms with Crippen LogP contribution >= 0.6 is 15.4 Å². The SMILES string of the molecule is C[Si](C)(CP(c1ccccc1)c1ccccc1)P(c1ccccc1)c1ccccc1. The van der Waals surface area contributed by atoms with Gasteiger partial charge in [0.2, 0.25) is 0 Å². The highest BCUT2D eigenvalue weighted by atomic mass is 31.4. The largest absolute Gasteiger partial charge is 0.0906 e. The van der Waals surface area contributed by atoms with E-state index in [1.165, 1.54) is 27.0 Å². The molecule has 0 saturated carbocycles. The van der Waals surface area contributed by atoms with Crippen LogP contribution in [0.5, 0.6) is 0 Å². The van der Waals surface area contributed by atoms with Gasteiger partial charge in [-0.25, -0.2) is 0 Å². The van der Waals surface area contributed by atoms with Crippen molar-refractivity contribution < 1.29 is 0 Å². The fourth-order valence-electron chi connectivity index (χ4n) is 4.01. The van der Waals surface area contributed by atoms with Gasteiger partial charge in [0, 0.05) is 0 Å². The maximum atomic E-state index is 2.61. The molecule has 0 nitrogen and oxygen atoms in total. The highest BCUT2D eigenvalue weighted by Gasteiger charge is 2.36. The van der Waals surface area contributed by atoms with E-state index in [0.29, 0.717) is 0 Å². The molecular formula is C27H28P2Si. The summed E-state index contributed by atoms with van der Waals surface area (Å²) in [7, 11) is -2.38. The summed E-state index contributed by atoms with van der Waals surface area (Å²) in [6.45, 7) is 5.22. The summed E-state index contributed by atoms with van der Waals surface area (Å²) >= 11 is 0. The lowest BCUT2D eigenvalue weighted by Gasteiger charge is -2.37. The van der Waals surface area contributed by atoms with Gasteiger partial charge in [-0.3, -0.25) is 0 Å². The summed E-state index contributed by atoms with van der Waals surface area (Å²) in [5.74, 6) is 1.30. The number of benzene rings is 4. The van der Waals surface area contributed by atoms with Gasteiger partial charge in [-0.1, -0.05) is 142 Å². The maximum absolute atomic E-state index is 2.61. The molecule has 0 fully saturated rings. The molecule has 30 heavy (non-hydrogen) atoms. The minimum absolute atomic E-state index is 0.352. The molecule has 0 aliphatic carbocycles. The van der Waals surface area contributed by atoms with E-state index in [1.807, 2.05) is 0 Å². The molecule has 4 aromatic rings. The van der Waals surface area contributed by atoms with Crippen molar-refractivity contribution in [1.82, 2.24) is 0 Å². The van der Waals surface area contributed by atoms with Crippen LogP contribution in [0.3, 0.4) is 0 Å². The summed E-state index contributed by atoms with van der Waals surface area (Å²) in [6.07, 6.45) is 0. The molecule has 0 bridgehead atoms. The highest BCUT2D eigenvalue weighted by Crippen LogP contribution is 2.50. The van der Waals surface area contributed by atoms with Gasteiger partial charge in [-0.05, 0) is 34.9 Å². The van der Waals surface area contributed by atoms with Crippen LogP contribution in [0.25, 0.3) is 0 Å². The normalized spacial score (nSPS) is 11.7. The molecule has 0 aliphatic rings. The summed E-state index contributed by atoms with van der Waals surface area (Å²) in [4.78, 5) is 0. The van der Waals surface area contributed by atoms with Crippen molar-refractivity contribution in [3.05, 3.63) is 121 Å². The molecule has 4 aromatic carbocycles. The molecule has 0 atom stereocenters. The third-order valence-electron chi connectivity index (χ3n) is 5.31. The zero-order valence-electron chi connectivity index (χ0n) is 17.6. The fourth-order valence-corrected chi connectivity index (χ4v) is 20.8. The molecular weight excluding hydrogens is 414 g/mol. The second-order valence-corrected chi connectivity index (χ2v) is 21.5. The highest BCUT2D eigenvalue weighted by molar-refractivity contribution is 8.06. The van der Waals surface area contributed by atoms with Gasteiger partial charge in [0.25, 0.3) is 0 Å². The quantitative estimate of drug-likeness (QED) is 0.243. The number of rotatable bonds is 7. The maximum Gasteiger partial charge on any atom is 0.0906 e. The van der Waals surface area contributed by atoms with Crippen molar-refractivity contribution in [2.45, 2.75) is 13.1 Å². The lowest BCUT2D eigenvalue weighted by molar-refractivity contribution is 1.71. The first kappa shape index (κ1) is 21.2. The van der Waals surface area contributed by atoms with Crippen molar-refractivity contribution in [2.75, 3.05) is 5.79 Å². The molecule has 4 rings (SSSR count). The number of hydrogen-bond acceptors (Lipinski definition) is 0. The standard InChI is InChI=1S/C27H28P2Si/c1-30(2,29(26-19-11-5-12-20-26)27-21-13-6-14-22-27)23-28(24-15-7-3-8-16-24)25-17-9-4-10-18-25/h3-22H,23H2,1-2H3. The molecule has 0 N–H and O–H groups in total. The van der Waals surface area contributed by atoms with Crippen molar-refractivity contribution >= 4 is 44.4 Å². The Morgan fingerprint density at radius 3 is 1.10 bits per heavy atom. The molecule has 0 spiro atoms. The minimum atomic E-state index is -1.65. The Bertz CT molecular complexity index is 956. The molecule has 0 unspecified atom stereocenters. The Labute approximate surface area is 184 Å². The van der Waals surface area contributed by atoms with Gasteiger partial charge in [0.1, 0.15) is 0 Å². The van der Waals surface area contributed by atoms with E-state index in [-0.39, 0.29) is 15.4 Å². The molecule has 150 valence electrons. The van der Waals surface area contributed by atoms with Crippen molar-refractivity contribution in [1.29, 1.82) is 0 Å². The van der Waals surface area contributed by atoms with Gasteiger partial charge in [-0.2, -0.15) is 0 Å². The summed E-state index contributed by atoms with van der Waals surface area (Å²) < 4.78 is 0. The first-order valence-electron chi connectivity index (χ1n) is 10.4. The van der Waals surface area contributed by atoms with Gasteiger partial charge < -0.3 is 0 Å². The Morgan fingerprint density at radius 2 is 0.767 bits per heavy atom. The Kier molecular flexibility index (Phi) is 6.96. The topological polar surface area (TPSA) is 0 Å². The monoisotopic (exact) mass is 442 g/mol. The lowest BCUT2D eigenvalue weighted by Crippen LogP contribution is -2.39. The fraction of sp³-hybridized carbons (Fsp3) is 0.111. The molecule has 0 aliphatic heterocycles. The van der Waals surface area contributed by atoms with Crippen molar-refractivity contribution in [3.8, 4) is 0 Å². The van der Waals surface area contributed by atoms with Crippen molar-refractivity contribution in [2.24, 2.45) is 0 Å². The average molecular weight is 443 g/mol. The van der Waals surface area contributed by atoms with Crippen LogP contribution in [0.15, 0.2) is 121 Å². The second-order valence-electron chi connectivity index (χ2n) is 8.08. The van der Waals surface area contributed by atoms with Crippen LogP contribution in [-0.4, -0.2) is 13.5 Å². The summed E-state index contributed by atoms with van der Waals surface area (Å²) in [5.41, 5.74) is 0. The molecule has 0 aromatic heterocycles. The Morgan fingerprint density at radius 1 is 0.467 bits per heavy atom. The van der Waals surface area contributed by atoms with E-state index in [9.17, 15) is 0 Å². The Hall–Kier alpha value is -2.04. The zero-order valence-corrected chi connectivity index (χ0v) is 20.4. The third-order valence-corrected chi connectivity index (χ3v) is 20.8. The van der Waals surface area contributed by atoms with E-state index >= 15 is 0 Å². The lowest BCUT2D eigenvalue weighted by atomic mass is 10.4. The van der Waals surface area contributed by atoms with Crippen LogP contribution in [0.4, 0.5) is 0 Å². The zero-order chi connectivity index (χ0) is 20.8. The first-order chi connectivity index (χ1) is 14.6. The second kappa shape index (κ2) is 9.84. The predicted octanol–water partition coefficient (Wildman–Crippen LogP) is 6.00. The molecule has 3 heteroatoms. The van der Waals surface area contributed by atoms with Crippen LogP contribution in [0, 0.1) is 0 Å². The van der Waals surface area contributed by atoms with Gasteiger partial charge >= 0.3 is 0 Å². The van der Waals surface area contributed by atoms with Crippen LogP contribution in [0.2, 0.25) is 13.1 Å². The molecule has 0 heterocycles. The van der Waals surface area contributed by atoms with Crippen LogP contribution in [0.1, 0.15) is 0 Å². The summed E-state index contributed by atoms with van der Waals surface area (Å²) in [6, 6.07) is 44.8. The summed E-state index contributed by atoms with van der Waals surface area (Å²) in [5, 5.41) is 6.03. The number of hydrogen-bond donors (Lipinski definition) is 0. The minimum Gasteiger partial charge on any atom is -0.0646 e. The van der Waals surface area contributed by atoms with E-state index < -0.39 is 7.74 Å². The molecule has 0 amide bonds. The first-order valence-corrected chi connectivity index (χ1v) is 17.3. The van der Waals surface area contributed by atoms with Crippen LogP contribution in [-0.2, 0) is 0 Å². The van der Waals surface area contributed by atoms with E-state index in [0.717, 1.165) is 0 Å². The molecule has 0 radical (unpaired) electrons. The van der Waals surface area contributed by atoms with E-state index in [2.05, 4.69) is 134 Å². The smallest absolute Gasteiger partial charge is 0.0646 e. The predicted molar refractivity (Wildman–Crippen MR) is 140 cm³/mol. The van der Waals surface area contributed by atoms with E-state index in [4.69, 9.17) is 0 Å². The van der Waals surface area contributed by atoms with Gasteiger partial charge in [0.15, 0.2) is 0 Å². The van der Waals surface area contributed by atoms with Gasteiger partial charge in [0.05, 0.1) is 7.74 Å². The van der Waals surface area contributed by atoms with E-state index in [1.54, 1.807) is 0 Å². The Balaban J connectivity index is 1.77. The average Bonchev–Trinajstić information content (AvgIpc) is 2.80. The van der Waals surface area contributed by atoms with Crippen LogP contribution < -0.4 is 21.2 Å². The molecule has 0 saturated heterocycles.